The number of fused-ring (bicyclic) bond motifs is 1. The number of benzene rings is 1. The van der Waals surface area contributed by atoms with E-state index in [1.807, 2.05) is 0 Å². The first-order chi connectivity index (χ1) is 8.65. The maximum Gasteiger partial charge on any atom is 0.124 e. The van der Waals surface area contributed by atoms with Gasteiger partial charge in [-0.1, -0.05) is 19.9 Å². The third-order valence-electron chi connectivity index (χ3n) is 3.50. The molecular weight excluding hydrogens is 222 g/mol. The minimum Gasteiger partial charge on any atom is -0.324 e. The van der Waals surface area contributed by atoms with Crippen LogP contribution < -0.4 is 5.32 Å². The molecule has 3 rings (SSSR count). The molecule has 3 heteroatoms. The zero-order chi connectivity index (χ0) is 12.7. The number of hydrogen-bond acceptors (Lipinski definition) is 2. The molecule has 18 heavy (non-hydrogen) atoms. The lowest BCUT2D eigenvalue weighted by atomic mass is 10.2. The van der Waals surface area contributed by atoms with E-state index in [4.69, 9.17) is 4.98 Å². The molecule has 1 N–H and O–H groups in total. The Balaban J connectivity index is 2.03. The highest BCUT2D eigenvalue weighted by Gasteiger charge is 2.27. The Bertz CT molecular complexity index is 564. The molecule has 0 atom stereocenters. The lowest BCUT2D eigenvalue weighted by Gasteiger charge is -2.10. The molecule has 0 aliphatic heterocycles. The molecule has 1 fully saturated rings. The fourth-order valence-electron chi connectivity index (χ4n) is 2.42. The van der Waals surface area contributed by atoms with E-state index in [1.54, 1.807) is 0 Å². The van der Waals surface area contributed by atoms with E-state index in [2.05, 4.69) is 48.9 Å². The largest absolute Gasteiger partial charge is 0.324 e. The summed E-state index contributed by atoms with van der Waals surface area (Å²) in [6.07, 6.45) is 2.60. The van der Waals surface area contributed by atoms with Crippen molar-refractivity contribution in [3.63, 3.8) is 0 Å². The Kier molecular flexibility index (Phi) is 2.86. The third-order valence-corrected chi connectivity index (χ3v) is 3.50. The molecule has 1 saturated carbocycles. The van der Waals surface area contributed by atoms with Gasteiger partial charge in [0.15, 0.2) is 0 Å². The average Bonchev–Trinajstić information content (AvgIpc) is 3.08. The molecule has 0 radical (unpaired) electrons. The first-order valence-electron chi connectivity index (χ1n) is 6.86. The van der Waals surface area contributed by atoms with E-state index in [9.17, 15) is 0 Å². The van der Waals surface area contributed by atoms with Crippen LogP contribution in [-0.2, 0) is 6.54 Å². The fourth-order valence-corrected chi connectivity index (χ4v) is 2.42. The number of nitrogens with one attached hydrogen (secondary N) is 1. The van der Waals surface area contributed by atoms with Gasteiger partial charge in [-0.25, -0.2) is 4.98 Å². The normalized spacial score (nSPS) is 15.8. The lowest BCUT2D eigenvalue weighted by molar-refractivity contribution is 0.552. The summed E-state index contributed by atoms with van der Waals surface area (Å²) in [5.74, 6) is 1.19. The van der Waals surface area contributed by atoms with Crippen LogP contribution in [0.3, 0.4) is 0 Å². The third kappa shape index (κ3) is 2.15. The minimum atomic E-state index is 0.499. The predicted octanol–water partition coefficient (Wildman–Crippen LogP) is 3.18. The zero-order valence-corrected chi connectivity index (χ0v) is 11.4. The number of rotatable bonds is 4. The van der Waals surface area contributed by atoms with Crippen molar-refractivity contribution < 1.29 is 0 Å². The molecule has 1 aromatic carbocycles. The van der Waals surface area contributed by atoms with Crippen LogP contribution in [0.4, 0.5) is 0 Å². The highest BCUT2D eigenvalue weighted by Crippen LogP contribution is 2.38. The average molecular weight is 243 g/mol. The fraction of sp³-hybridized carbons (Fsp3) is 0.533. The van der Waals surface area contributed by atoms with Crippen LogP contribution in [-0.4, -0.2) is 15.6 Å². The summed E-state index contributed by atoms with van der Waals surface area (Å²) < 4.78 is 2.43. The molecule has 3 nitrogen and oxygen atoms in total. The van der Waals surface area contributed by atoms with E-state index >= 15 is 0 Å². The first-order valence-corrected chi connectivity index (χ1v) is 6.86. The number of aromatic nitrogens is 2. The molecule has 1 aromatic heterocycles. The van der Waals surface area contributed by atoms with Gasteiger partial charge in [0.05, 0.1) is 17.6 Å². The molecule has 0 unspecified atom stereocenters. The first kappa shape index (κ1) is 11.7. The van der Waals surface area contributed by atoms with Crippen molar-refractivity contribution in [2.45, 2.75) is 52.2 Å². The molecule has 96 valence electrons. The summed E-state index contributed by atoms with van der Waals surface area (Å²) in [5, 5.41) is 3.48. The zero-order valence-electron chi connectivity index (χ0n) is 11.4. The van der Waals surface area contributed by atoms with Crippen LogP contribution in [0, 0.1) is 6.92 Å². The van der Waals surface area contributed by atoms with Gasteiger partial charge in [-0.3, -0.25) is 0 Å². The Morgan fingerprint density at radius 2 is 2.17 bits per heavy atom. The molecule has 1 aliphatic carbocycles. The molecule has 0 amide bonds. The Morgan fingerprint density at radius 3 is 2.83 bits per heavy atom. The Labute approximate surface area is 108 Å². The van der Waals surface area contributed by atoms with E-state index in [0.29, 0.717) is 12.1 Å². The van der Waals surface area contributed by atoms with Crippen molar-refractivity contribution in [1.82, 2.24) is 14.9 Å². The van der Waals surface area contributed by atoms with Gasteiger partial charge in [0.25, 0.3) is 0 Å². The summed E-state index contributed by atoms with van der Waals surface area (Å²) in [5.41, 5.74) is 3.72. The Morgan fingerprint density at radius 1 is 1.39 bits per heavy atom. The van der Waals surface area contributed by atoms with Crippen LogP contribution >= 0.6 is 0 Å². The second kappa shape index (κ2) is 4.39. The highest BCUT2D eigenvalue weighted by molar-refractivity contribution is 5.77. The van der Waals surface area contributed by atoms with Gasteiger partial charge in [-0.2, -0.15) is 0 Å². The topological polar surface area (TPSA) is 29.9 Å². The summed E-state index contributed by atoms with van der Waals surface area (Å²) in [6, 6.07) is 7.77. The van der Waals surface area contributed by atoms with Crippen molar-refractivity contribution in [1.29, 1.82) is 0 Å². The smallest absolute Gasteiger partial charge is 0.124 e. The van der Waals surface area contributed by atoms with E-state index < -0.39 is 0 Å². The van der Waals surface area contributed by atoms with Crippen molar-refractivity contribution in [2.75, 3.05) is 0 Å². The second-order valence-electron chi connectivity index (χ2n) is 5.66. The molecule has 1 aliphatic rings. The van der Waals surface area contributed by atoms with Crippen molar-refractivity contribution in [2.24, 2.45) is 0 Å². The molecule has 0 bridgehead atoms. The summed E-state index contributed by atoms with van der Waals surface area (Å²) >= 11 is 0. The standard InChI is InChI=1S/C15H21N3/c1-10(2)16-9-15-17-13-8-11(3)4-7-14(13)18(15)12-5-6-12/h4,7-8,10,12,16H,5-6,9H2,1-3H3. The van der Waals surface area contributed by atoms with Gasteiger partial charge < -0.3 is 9.88 Å². The Hall–Kier alpha value is -1.35. The summed E-state index contributed by atoms with van der Waals surface area (Å²) in [4.78, 5) is 4.81. The van der Waals surface area contributed by atoms with E-state index in [-0.39, 0.29) is 0 Å². The maximum absolute atomic E-state index is 4.81. The van der Waals surface area contributed by atoms with Gasteiger partial charge in [0.1, 0.15) is 5.82 Å². The molecule has 0 saturated heterocycles. The monoisotopic (exact) mass is 243 g/mol. The van der Waals surface area contributed by atoms with Gasteiger partial charge in [0, 0.05) is 12.1 Å². The molecule has 0 spiro atoms. The van der Waals surface area contributed by atoms with Gasteiger partial charge in [-0.05, 0) is 37.5 Å². The molecule has 2 aromatic rings. The SMILES string of the molecule is Cc1ccc2c(c1)nc(CNC(C)C)n2C1CC1. The van der Waals surface area contributed by atoms with Crippen LogP contribution in [0.25, 0.3) is 11.0 Å². The quantitative estimate of drug-likeness (QED) is 0.893. The van der Waals surface area contributed by atoms with Gasteiger partial charge in [0.2, 0.25) is 0 Å². The second-order valence-corrected chi connectivity index (χ2v) is 5.66. The maximum atomic E-state index is 4.81. The van der Waals surface area contributed by atoms with Crippen LogP contribution in [0.2, 0.25) is 0 Å². The number of imidazole rings is 1. The highest BCUT2D eigenvalue weighted by atomic mass is 15.2. The van der Waals surface area contributed by atoms with Crippen molar-refractivity contribution >= 4 is 11.0 Å². The summed E-state index contributed by atoms with van der Waals surface area (Å²) in [7, 11) is 0. The minimum absolute atomic E-state index is 0.499. The van der Waals surface area contributed by atoms with Crippen LogP contribution in [0.15, 0.2) is 18.2 Å². The number of hydrogen-bond donors (Lipinski definition) is 1. The van der Waals surface area contributed by atoms with Crippen molar-refractivity contribution in [3.05, 3.63) is 29.6 Å². The molecular formula is C15H21N3. The van der Waals surface area contributed by atoms with Crippen molar-refractivity contribution in [3.8, 4) is 0 Å². The van der Waals surface area contributed by atoms with E-state index in [0.717, 1.165) is 12.1 Å². The van der Waals surface area contributed by atoms with Crippen LogP contribution in [0.5, 0.6) is 0 Å². The predicted molar refractivity (Wildman–Crippen MR) is 74.7 cm³/mol. The molecule has 1 heterocycles. The number of nitrogens with zero attached hydrogens (tertiary/aromatic N) is 2. The van der Waals surface area contributed by atoms with E-state index in [1.165, 1.54) is 29.7 Å². The van der Waals surface area contributed by atoms with Gasteiger partial charge in [-0.15, -0.1) is 0 Å². The van der Waals surface area contributed by atoms with Gasteiger partial charge >= 0.3 is 0 Å². The summed E-state index contributed by atoms with van der Waals surface area (Å²) in [6.45, 7) is 7.34. The number of aryl methyl sites for hydroxylation is 1. The van der Waals surface area contributed by atoms with Crippen LogP contribution in [0.1, 0.15) is 44.1 Å². The lowest BCUT2D eigenvalue weighted by Crippen LogP contribution is -2.23.